The smallest absolute Gasteiger partial charge is 0.165 e. The highest BCUT2D eigenvalue weighted by Gasteiger charge is 2.22. The number of thiophene rings is 1. The third kappa shape index (κ3) is 5.40. The van der Waals surface area contributed by atoms with Gasteiger partial charge in [-0.15, -0.1) is 11.3 Å². The van der Waals surface area contributed by atoms with E-state index in [2.05, 4.69) is 0 Å². The van der Waals surface area contributed by atoms with E-state index in [9.17, 15) is 15.1 Å². The van der Waals surface area contributed by atoms with Gasteiger partial charge in [-0.1, -0.05) is 163 Å². The van der Waals surface area contributed by atoms with Crippen molar-refractivity contribution in [2.45, 2.75) is 0 Å². The predicted molar refractivity (Wildman–Crippen MR) is 233 cm³/mol. The Bertz CT molecular complexity index is 4360. The van der Waals surface area contributed by atoms with Gasteiger partial charge in [0.2, 0.25) is 0 Å². The van der Waals surface area contributed by atoms with Crippen molar-refractivity contribution in [3.8, 4) is 67.5 Å². The number of hydrogen-bond donors (Lipinski definition) is 0. The molecule has 56 heavy (non-hydrogen) atoms. The molecule has 3 heterocycles. The summed E-state index contributed by atoms with van der Waals surface area (Å²) in [7, 11) is 0. The minimum absolute atomic E-state index is 0.0438. The highest BCUT2D eigenvalue weighted by molar-refractivity contribution is 7.26. The van der Waals surface area contributed by atoms with Crippen LogP contribution in [0.4, 0.5) is 0 Å². The average Bonchev–Trinajstić information content (AvgIpc) is 4.16. The standard InChI is InChI=1S/C51H31N3OS/c1-4-14-32(15-5-1)33-26-28-34(29-27-33)37-30-31-39(46-40-20-10-11-24-43(40)55-47(37)46)38-21-13-25-44-45(38)41-22-12-23-42(48(41)56-44)51-53-49(35-16-6-2-7-17-35)52-50(54-51)36-18-8-3-9-19-36/h1-31H/i1D,4D,5D,10D,11D,12D,13D,14D,15D,20D,21D,22D,23D,24D,25D,26D,27D,28D,29D,30D,31D. The molecule has 11 aromatic rings. The second kappa shape index (κ2) is 13.3. The number of fused-ring (bicyclic) bond motifs is 6. The van der Waals surface area contributed by atoms with Crippen molar-refractivity contribution >= 4 is 53.4 Å². The number of para-hydroxylation sites is 1. The molecule has 8 aromatic carbocycles. The van der Waals surface area contributed by atoms with Gasteiger partial charge >= 0.3 is 0 Å². The molecule has 0 fully saturated rings. The highest BCUT2D eigenvalue weighted by atomic mass is 32.1. The molecule has 0 amide bonds. The zero-order chi connectivity index (χ0) is 55.3. The second-order valence-electron chi connectivity index (χ2n) is 12.3. The van der Waals surface area contributed by atoms with Gasteiger partial charge < -0.3 is 4.42 Å². The molecule has 4 nitrogen and oxygen atoms in total. The van der Waals surface area contributed by atoms with Crippen LogP contribution in [0.5, 0.6) is 0 Å². The van der Waals surface area contributed by atoms with Crippen LogP contribution >= 0.6 is 11.3 Å². The number of rotatable bonds is 6. The van der Waals surface area contributed by atoms with Crippen molar-refractivity contribution in [3.05, 3.63) is 188 Å². The Hall–Kier alpha value is -7.21. The molecule has 0 N–H and O–H groups in total. The Morgan fingerprint density at radius 1 is 0.411 bits per heavy atom. The first-order valence-electron chi connectivity index (χ1n) is 27.5. The van der Waals surface area contributed by atoms with E-state index in [1.165, 1.54) is 0 Å². The van der Waals surface area contributed by atoms with Crippen molar-refractivity contribution in [2.75, 3.05) is 0 Å². The van der Waals surface area contributed by atoms with E-state index in [-0.39, 0.29) is 43.2 Å². The van der Waals surface area contributed by atoms with Crippen LogP contribution in [0.15, 0.2) is 192 Å². The van der Waals surface area contributed by atoms with E-state index >= 15 is 0 Å². The number of hydrogen-bond acceptors (Lipinski definition) is 5. The minimum atomic E-state index is -0.945. The molecule has 262 valence electrons. The van der Waals surface area contributed by atoms with Crippen LogP contribution in [0.1, 0.15) is 28.8 Å². The summed E-state index contributed by atoms with van der Waals surface area (Å²) in [5.41, 5.74) is -3.81. The molecule has 0 aliphatic rings. The van der Waals surface area contributed by atoms with E-state index in [0.29, 0.717) is 11.1 Å². The fourth-order valence-electron chi connectivity index (χ4n) is 6.52. The van der Waals surface area contributed by atoms with Crippen LogP contribution in [0.2, 0.25) is 0 Å². The molecule has 0 aliphatic heterocycles. The van der Waals surface area contributed by atoms with E-state index in [1.54, 1.807) is 60.7 Å². The van der Waals surface area contributed by atoms with Gasteiger partial charge in [-0.05, 0) is 52.0 Å². The van der Waals surface area contributed by atoms with E-state index in [0.717, 1.165) is 11.3 Å². The van der Waals surface area contributed by atoms with Crippen LogP contribution in [0.3, 0.4) is 0 Å². The fraction of sp³-hybridized carbons (Fsp3) is 0. The van der Waals surface area contributed by atoms with Gasteiger partial charge in [0.15, 0.2) is 17.5 Å². The monoisotopic (exact) mass is 754 g/mol. The number of aromatic nitrogens is 3. The Balaban J connectivity index is 1.30. The van der Waals surface area contributed by atoms with Crippen molar-refractivity contribution in [2.24, 2.45) is 0 Å². The van der Waals surface area contributed by atoms with E-state index < -0.39 is 182 Å². The Kier molecular flexibility index (Phi) is 4.15. The van der Waals surface area contributed by atoms with Gasteiger partial charge in [-0.25, -0.2) is 15.0 Å². The van der Waals surface area contributed by atoms with Gasteiger partial charge in [0.05, 0.1) is 28.8 Å². The van der Waals surface area contributed by atoms with Crippen LogP contribution in [0.25, 0.3) is 110 Å². The highest BCUT2D eigenvalue weighted by Crippen LogP contribution is 2.48. The molecule has 0 unspecified atom stereocenters. The molecule has 0 saturated carbocycles. The lowest BCUT2D eigenvalue weighted by Gasteiger charge is -2.11. The topological polar surface area (TPSA) is 51.8 Å². The SMILES string of the molecule is [2H]c1c([2H])c([2H])c(-c2c([2H])c([2H])c(-c3c([2H])c([2H])c(-c4c([2H])c([2H])c([2H])c5sc6c(-c7nc(-c8ccccc8)nc(-c8ccccc8)n7)c([2H])c([2H])c([2H])c6c45)c4c3oc3c([2H])c([2H])c([2H])c([2H])c34)c([2H])c2[2H])c([2H])c1[2H]. The third-order valence-electron chi connectivity index (χ3n) is 9.05. The molecule has 0 aliphatic carbocycles. The molecule has 0 bridgehead atoms. The maximum Gasteiger partial charge on any atom is 0.165 e. The first kappa shape index (κ1) is 17.5. The summed E-state index contributed by atoms with van der Waals surface area (Å²) in [5, 5.41) is -1.24. The van der Waals surface area contributed by atoms with E-state index in [1.807, 2.05) is 0 Å². The number of benzene rings is 8. The lowest BCUT2D eigenvalue weighted by Crippen LogP contribution is -2.00. The molecule has 0 saturated heterocycles. The van der Waals surface area contributed by atoms with Gasteiger partial charge in [0, 0.05) is 53.2 Å². The largest absolute Gasteiger partial charge is 0.455 e. The van der Waals surface area contributed by atoms with Crippen molar-refractivity contribution < 1.29 is 33.2 Å². The van der Waals surface area contributed by atoms with Gasteiger partial charge in [-0.2, -0.15) is 0 Å². The first-order chi connectivity index (χ1) is 36.5. The molecule has 0 radical (unpaired) electrons. The van der Waals surface area contributed by atoms with Crippen molar-refractivity contribution in [1.29, 1.82) is 0 Å². The molecule has 5 heteroatoms. The maximum atomic E-state index is 9.89. The van der Waals surface area contributed by atoms with Crippen LogP contribution in [0, 0.1) is 0 Å². The summed E-state index contributed by atoms with van der Waals surface area (Å²) in [5.74, 6) is 0.243. The van der Waals surface area contributed by atoms with Gasteiger partial charge in [0.1, 0.15) is 11.2 Å². The summed E-state index contributed by atoms with van der Waals surface area (Å²) < 4.78 is 196. The molecule has 3 aromatic heterocycles. The Labute approximate surface area is 356 Å². The summed E-state index contributed by atoms with van der Waals surface area (Å²) in [6.07, 6.45) is 0. The lowest BCUT2D eigenvalue weighted by atomic mass is 9.92. The minimum Gasteiger partial charge on any atom is -0.455 e. The molecular formula is C51H31N3OS. The molecule has 0 atom stereocenters. The molecular weight excluding hydrogens is 703 g/mol. The summed E-state index contributed by atoms with van der Waals surface area (Å²) in [6, 6.07) is 1.18. The van der Waals surface area contributed by atoms with Gasteiger partial charge in [0.25, 0.3) is 0 Å². The number of nitrogens with zero attached hydrogens (tertiary/aromatic N) is 3. The zero-order valence-electron chi connectivity index (χ0n) is 49.4. The summed E-state index contributed by atoms with van der Waals surface area (Å²) >= 11 is 0.804. The fourth-order valence-corrected chi connectivity index (χ4v) is 7.64. The van der Waals surface area contributed by atoms with E-state index in [4.69, 9.17) is 33.1 Å². The normalized spacial score (nSPS) is 16.8. The Morgan fingerprint density at radius 2 is 0.982 bits per heavy atom. The maximum absolute atomic E-state index is 9.89. The molecule has 11 rings (SSSR count). The Morgan fingerprint density at radius 3 is 1.73 bits per heavy atom. The van der Waals surface area contributed by atoms with Crippen molar-refractivity contribution in [1.82, 2.24) is 15.0 Å². The van der Waals surface area contributed by atoms with Crippen molar-refractivity contribution in [3.63, 3.8) is 0 Å². The summed E-state index contributed by atoms with van der Waals surface area (Å²) in [4.78, 5) is 14.3. The van der Waals surface area contributed by atoms with Crippen LogP contribution in [-0.2, 0) is 0 Å². The average molecular weight is 755 g/mol. The summed E-state index contributed by atoms with van der Waals surface area (Å²) in [6.45, 7) is 0. The third-order valence-corrected chi connectivity index (χ3v) is 10.2. The number of furan rings is 1. The van der Waals surface area contributed by atoms with Crippen LogP contribution < -0.4 is 0 Å². The predicted octanol–water partition coefficient (Wildman–Crippen LogP) is 14.1. The van der Waals surface area contributed by atoms with Crippen LogP contribution in [-0.4, -0.2) is 15.0 Å². The van der Waals surface area contributed by atoms with Gasteiger partial charge in [-0.3, -0.25) is 0 Å². The molecule has 0 spiro atoms. The second-order valence-corrected chi connectivity index (χ2v) is 13.3. The quantitative estimate of drug-likeness (QED) is 0.170. The first-order valence-corrected chi connectivity index (χ1v) is 17.8. The zero-order valence-corrected chi connectivity index (χ0v) is 29.2. The lowest BCUT2D eigenvalue weighted by molar-refractivity contribution is 0.670.